The molecule has 2 unspecified atom stereocenters. The lowest BCUT2D eigenvalue weighted by Gasteiger charge is -2.28. The summed E-state index contributed by atoms with van der Waals surface area (Å²) in [6.45, 7) is 0.0392. The Kier molecular flexibility index (Phi) is 5.21. The highest BCUT2D eigenvalue weighted by Gasteiger charge is 2.30. The van der Waals surface area contributed by atoms with Crippen LogP contribution in [0.3, 0.4) is 0 Å². The van der Waals surface area contributed by atoms with Gasteiger partial charge in [0.1, 0.15) is 11.5 Å². The number of nitrogens with one attached hydrogen (secondary N) is 1. The molecule has 1 aliphatic rings. The van der Waals surface area contributed by atoms with Crippen molar-refractivity contribution in [3.8, 4) is 11.5 Å². The van der Waals surface area contributed by atoms with E-state index in [1.165, 1.54) is 0 Å². The van der Waals surface area contributed by atoms with E-state index in [9.17, 15) is 4.79 Å². The van der Waals surface area contributed by atoms with Gasteiger partial charge in [0.05, 0.1) is 13.2 Å². The molecule has 6 nitrogen and oxygen atoms in total. The number of carbonyl (C=O) groups is 1. The Bertz CT molecular complexity index is 944. The number of rotatable bonds is 5. The predicted molar refractivity (Wildman–Crippen MR) is 103 cm³/mol. The molecular weight excluding hydrogens is 356 g/mol. The highest BCUT2D eigenvalue weighted by atomic mass is 16.7. The maximum Gasteiger partial charge on any atom is 0.254 e. The molecule has 2 heterocycles. The molecule has 0 spiro atoms. The van der Waals surface area contributed by atoms with Crippen LogP contribution in [0.2, 0.25) is 0 Å². The Labute approximate surface area is 163 Å². The lowest BCUT2D eigenvalue weighted by Crippen LogP contribution is -2.36. The molecule has 6 heteroatoms. The van der Waals surface area contributed by atoms with Gasteiger partial charge in [-0.1, -0.05) is 30.3 Å². The molecule has 28 heavy (non-hydrogen) atoms. The summed E-state index contributed by atoms with van der Waals surface area (Å²) in [5, 5.41) is 3.11. The zero-order valence-corrected chi connectivity index (χ0v) is 15.4. The van der Waals surface area contributed by atoms with E-state index in [0.29, 0.717) is 5.75 Å². The van der Waals surface area contributed by atoms with Crippen molar-refractivity contribution in [3.63, 3.8) is 0 Å². The molecule has 0 aliphatic carbocycles. The average molecular weight is 376 g/mol. The molecule has 1 aliphatic heterocycles. The number of hydrogen-bond acceptors (Lipinski definition) is 5. The van der Waals surface area contributed by atoms with E-state index in [1.54, 1.807) is 19.5 Å². The summed E-state index contributed by atoms with van der Waals surface area (Å²) in [5.41, 5.74) is 2.57. The van der Waals surface area contributed by atoms with Crippen LogP contribution in [0.15, 0.2) is 73.1 Å². The maximum absolute atomic E-state index is 13.1. The van der Waals surface area contributed by atoms with E-state index in [1.807, 2.05) is 60.7 Å². The van der Waals surface area contributed by atoms with Gasteiger partial charge < -0.3 is 19.5 Å². The van der Waals surface area contributed by atoms with Crippen LogP contribution in [-0.4, -0.2) is 24.8 Å². The number of hydrogen-bond donors (Lipinski definition) is 1. The van der Waals surface area contributed by atoms with Crippen LogP contribution >= 0.6 is 0 Å². The van der Waals surface area contributed by atoms with Gasteiger partial charge in [0.25, 0.3) is 5.91 Å². The molecule has 1 aromatic heterocycles. The van der Waals surface area contributed by atoms with Gasteiger partial charge in [0, 0.05) is 18.0 Å². The number of fused-ring (bicyclic) bond motifs is 1. The molecule has 0 saturated heterocycles. The third-order valence-corrected chi connectivity index (χ3v) is 4.66. The van der Waals surface area contributed by atoms with Gasteiger partial charge in [-0.3, -0.25) is 9.78 Å². The number of nitrogens with zero attached hydrogens (tertiary/aromatic N) is 1. The fourth-order valence-electron chi connectivity index (χ4n) is 3.23. The number of methoxy groups -OCH3 is 1. The Balaban J connectivity index is 1.63. The van der Waals surface area contributed by atoms with E-state index in [2.05, 4.69) is 10.3 Å². The number of amides is 1. The second kappa shape index (κ2) is 8.10. The molecule has 1 amide bonds. The summed E-state index contributed by atoms with van der Waals surface area (Å²) in [6, 6.07) is 18.4. The Morgan fingerprint density at radius 1 is 1.07 bits per heavy atom. The van der Waals surface area contributed by atoms with Crippen molar-refractivity contribution in [1.82, 2.24) is 10.3 Å². The lowest BCUT2D eigenvalue weighted by atomic mass is 9.98. The normalized spacial score (nSPS) is 16.4. The lowest BCUT2D eigenvalue weighted by molar-refractivity contribution is -0.142. The van der Waals surface area contributed by atoms with E-state index in [-0.39, 0.29) is 18.7 Å². The maximum atomic E-state index is 13.1. The molecule has 0 bridgehead atoms. The fraction of sp³-hybridized carbons (Fsp3) is 0.182. The zero-order chi connectivity index (χ0) is 19.3. The number of aromatic nitrogens is 1. The minimum Gasteiger partial charge on any atom is -0.497 e. The van der Waals surface area contributed by atoms with Gasteiger partial charge in [-0.05, 0) is 41.5 Å². The first-order valence-corrected chi connectivity index (χ1v) is 8.94. The van der Waals surface area contributed by atoms with E-state index >= 15 is 0 Å². The Morgan fingerprint density at radius 2 is 1.79 bits per heavy atom. The quantitative estimate of drug-likeness (QED) is 0.739. The molecular formula is C22H20N2O4. The van der Waals surface area contributed by atoms with E-state index in [4.69, 9.17) is 14.2 Å². The summed E-state index contributed by atoms with van der Waals surface area (Å²) >= 11 is 0. The molecule has 0 saturated carbocycles. The molecule has 0 fully saturated rings. The number of para-hydroxylation sites is 1. The second-order valence-electron chi connectivity index (χ2n) is 6.34. The van der Waals surface area contributed by atoms with Crippen LogP contribution in [0.25, 0.3) is 0 Å². The van der Waals surface area contributed by atoms with Crippen LogP contribution in [0.1, 0.15) is 28.8 Å². The summed E-state index contributed by atoms with van der Waals surface area (Å²) in [4.78, 5) is 17.2. The molecule has 0 radical (unpaired) electrons. The zero-order valence-electron chi connectivity index (χ0n) is 15.4. The highest BCUT2D eigenvalue weighted by molar-refractivity contribution is 5.84. The molecule has 2 aromatic carbocycles. The Morgan fingerprint density at radius 3 is 2.54 bits per heavy atom. The molecule has 1 N–H and O–H groups in total. The first-order chi connectivity index (χ1) is 13.8. The van der Waals surface area contributed by atoms with Crippen LogP contribution < -0.4 is 14.8 Å². The van der Waals surface area contributed by atoms with Gasteiger partial charge >= 0.3 is 0 Å². The van der Waals surface area contributed by atoms with Crippen molar-refractivity contribution in [2.75, 3.05) is 13.9 Å². The number of carbonyl (C=O) groups excluding carboxylic acids is 1. The van der Waals surface area contributed by atoms with Gasteiger partial charge in [-0.15, -0.1) is 0 Å². The predicted octanol–water partition coefficient (Wildman–Crippen LogP) is 3.40. The van der Waals surface area contributed by atoms with E-state index in [0.717, 1.165) is 22.4 Å². The first-order valence-electron chi connectivity index (χ1n) is 8.94. The molecule has 3 aromatic rings. The standard InChI is InChI=1S/C22H20N2O4/c1-26-17-8-6-15(7-9-17)20(16-10-12-23-13-11-16)24-22(25)21-18-4-2-3-5-19(18)27-14-28-21/h2-13,20-21H,14H2,1H3,(H,24,25). The summed E-state index contributed by atoms with van der Waals surface area (Å²) in [7, 11) is 1.62. The molecule has 2 atom stereocenters. The Hall–Kier alpha value is -3.38. The second-order valence-corrected chi connectivity index (χ2v) is 6.34. The minimum atomic E-state index is -0.729. The third-order valence-electron chi connectivity index (χ3n) is 4.66. The molecule has 4 rings (SSSR count). The number of ether oxygens (including phenoxy) is 3. The van der Waals surface area contributed by atoms with Crippen molar-refractivity contribution in [1.29, 1.82) is 0 Å². The van der Waals surface area contributed by atoms with Crippen molar-refractivity contribution in [2.24, 2.45) is 0 Å². The van der Waals surface area contributed by atoms with Crippen molar-refractivity contribution in [2.45, 2.75) is 12.1 Å². The SMILES string of the molecule is COc1ccc(C(NC(=O)C2OCOc3ccccc32)c2ccncc2)cc1. The van der Waals surface area contributed by atoms with Gasteiger partial charge in [-0.25, -0.2) is 0 Å². The monoisotopic (exact) mass is 376 g/mol. The summed E-state index contributed by atoms with van der Waals surface area (Å²) in [6.07, 6.45) is 2.68. The number of pyridine rings is 1. The summed E-state index contributed by atoms with van der Waals surface area (Å²) < 4.78 is 16.3. The van der Waals surface area contributed by atoms with Crippen LogP contribution in [-0.2, 0) is 9.53 Å². The van der Waals surface area contributed by atoms with Crippen LogP contribution in [0.4, 0.5) is 0 Å². The minimum absolute atomic E-state index is 0.0392. The van der Waals surface area contributed by atoms with Crippen molar-refractivity contribution in [3.05, 3.63) is 89.7 Å². The fourth-order valence-corrected chi connectivity index (χ4v) is 3.23. The van der Waals surface area contributed by atoms with Gasteiger partial charge in [0.2, 0.25) is 0 Å². The summed E-state index contributed by atoms with van der Waals surface area (Å²) in [5.74, 6) is 1.19. The smallest absolute Gasteiger partial charge is 0.254 e. The average Bonchev–Trinajstić information content (AvgIpc) is 2.77. The van der Waals surface area contributed by atoms with Crippen molar-refractivity contribution >= 4 is 5.91 Å². The van der Waals surface area contributed by atoms with E-state index < -0.39 is 6.10 Å². The van der Waals surface area contributed by atoms with Crippen LogP contribution in [0.5, 0.6) is 11.5 Å². The van der Waals surface area contributed by atoms with Crippen LogP contribution in [0, 0.1) is 0 Å². The van der Waals surface area contributed by atoms with Gasteiger partial charge in [-0.2, -0.15) is 0 Å². The van der Waals surface area contributed by atoms with Gasteiger partial charge in [0.15, 0.2) is 12.9 Å². The largest absolute Gasteiger partial charge is 0.497 e. The number of benzene rings is 2. The third kappa shape index (κ3) is 3.68. The first kappa shape index (κ1) is 18.0. The molecule has 142 valence electrons. The van der Waals surface area contributed by atoms with Crippen molar-refractivity contribution < 1.29 is 19.0 Å². The topological polar surface area (TPSA) is 69.7 Å². The highest BCUT2D eigenvalue weighted by Crippen LogP contribution is 2.33.